The van der Waals surface area contributed by atoms with Crippen molar-refractivity contribution in [2.45, 2.75) is 13.0 Å². The van der Waals surface area contributed by atoms with E-state index in [1.165, 1.54) is 31.2 Å². The predicted octanol–water partition coefficient (Wildman–Crippen LogP) is 2.98. The van der Waals surface area contributed by atoms with Crippen LogP contribution in [0.5, 0.6) is 11.5 Å². The molecular weight excluding hydrogens is 377 g/mol. The van der Waals surface area contributed by atoms with E-state index in [2.05, 4.69) is 5.32 Å². The molecule has 0 aromatic heterocycles. The Morgan fingerprint density at radius 3 is 2.37 bits per heavy atom. The molecule has 0 aliphatic heterocycles. The number of halogens is 2. The molecule has 2 rings (SSSR count). The molecule has 2 aromatic rings. The quantitative estimate of drug-likeness (QED) is 0.522. The Morgan fingerprint density at radius 1 is 1.07 bits per heavy atom. The molecule has 0 spiro atoms. The second kappa shape index (κ2) is 10.4. The first-order chi connectivity index (χ1) is 12.9. The van der Waals surface area contributed by atoms with Crippen molar-refractivity contribution in [3.63, 3.8) is 0 Å². The summed E-state index contributed by atoms with van der Waals surface area (Å²) in [6.45, 7) is 1.55. The molecule has 6 nitrogen and oxygen atoms in total. The smallest absolute Gasteiger partial charge is 0.347 e. The molecule has 8 heteroatoms. The third-order valence-corrected chi connectivity index (χ3v) is 3.56. The van der Waals surface area contributed by atoms with Gasteiger partial charge in [-0.1, -0.05) is 11.6 Å². The highest BCUT2D eigenvalue weighted by atomic mass is 35.5. The summed E-state index contributed by atoms with van der Waals surface area (Å²) < 4.78 is 28.5. The van der Waals surface area contributed by atoms with E-state index in [0.717, 1.165) is 0 Å². The topological polar surface area (TPSA) is 73.9 Å². The second-order valence-electron chi connectivity index (χ2n) is 5.47. The predicted molar refractivity (Wildman–Crippen MR) is 97.4 cm³/mol. The monoisotopic (exact) mass is 395 g/mol. The molecule has 0 saturated carbocycles. The lowest BCUT2D eigenvalue weighted by molar-refractivity contribution is -0.154. The summed E-state index contributed by atoms with van der Waals surface area (Å²) in [5.74, 6) is -0.616. The molecular formula is C19H19ClFNO5. The van der Waals surface area contributed by atoms with E-state index in [1.54, 1.807) is 24.3 Å². The highest BCUT2D eigenvalue weighted by Crippen LogP contribution is 2.15. The summed E-state index contributed by atoms with van der Waals surface area (Å²) in [4.78, 5) is 23.5. The molecule has 0 saturated heterocycles. The minimum Gasteiger partial charge on any atom is -0.492 e. The third kappa shape index (κ3) is 7.53. The van der Waals surface area contributed by atoms with Gasteiger partial charge < -0.3 is 19.5 Å². The zero-order valence-corrected chi connectivity index (χ0v) is 15.4. The molecule has 1 amide bonds. The van der Waals surface area contributed by atoms with Gasteiger partial charge in [-0.2, -0.15) is 0 Å². The van der Waals surface area contributed by atoms with Gasteiger partial charge in [-0.25, -0.2) is 9.18 Å². The summed E-state index contributed by atoms with van der Waals surface area (Å²) in [6, 6.07) is 12.1. The Hall–Kier alpha value is -2.80. The Bertz CT molecular complexity index is 752. The van der Waals surface area contributed by atoms with Crippen molar-refractivity contribution >= 4 is 23.5 Å². The van der Waals surface area contributed by atoms with Crippen molar-refractivity contribution in [2.75, 3.05) is 19.8 Å². The average molecular weight is 396 g/mol. The second-order valence-corrected chi connectivity index (χ2v) is 5.91. The van der Waals surface area contributed by atoms with Crippen molar-refractivity contribution in [2.24, 2.45) is 0 Å². The number of hydrogen-bond donors (Lipinski definition) is 1. The first-order valence-electron chi connectivity index (χ1n) is 8.18. The maximum Gasteiger partial charge on any atom is 0.347 e. The maximum absolute atomic E-state index is 12.8. The largest absolute Gasteiger partial charge is 0.492 e. The van der Waals surface area contributed by atoms with Crippen molar-refractivity contribution in [1.82, 2.24) is 5.32 Å². The average Bonchev–Trinajstić information content (AvgIpc) is 2.66. The Kier molecular flexibility index (Phi) is 7.88. The van der Waals surface area contributed by atoms with Crippen molar-refractivity contribution in [3.05, 3.63) is 59.4 Å². The Labute approximate surface area is 161 Å². The number of esters is 1. The van der Waals surface area contributed by atoms with Crippen LogP contribution in [-0.2, 0) is 14.3 Å². The fraction of sp³-hybridized carbons (Fsp3) is 0.263. The SMILES string of the molecule is C[C@@H](Oc1ccc(F)cc1)C(=O)OCC(=O)NCCOc1ccc(Cl)cc1. The van der Waals surface area contributed by atoms with Crippen LogP contribution in [0.15, 0.2) is 48.5 Å². The van der Waals surface area contributed by atoms with Crippen LogP contribution in [-0.4, -0.2) is 37.7 Å². The lowest BCUT2D eigenvalue weighted by Crippen LogP contribution is -2.34. The van der Waals surface area contributed by atoms with Crippen LogP contribution in [0.4, 0.5) is 4.39 Å². The van der Waals surface area contributed by atoms with E-state index in [4.69, 9.17) is 25.8 Å². The van der Waals surface area contributed by atoms with E-state index in [9.17, 15) is 14.0 Å². The normalized spacial score (nSPS) is 11.4. The van der Waals surface area contributed by atoms with E-state index < -0.39 is 30.4 Å². The number of benzene rings is 2. The fourth-order valence-electron chi connectivity index (χ4n) is 1.96. The standard InChI is InChI=1S/C19H19ClFNO5/c1-13(27-17-8-4-15(21)5-9-17)19(24)26-12-18(23)22-10-11-25-16-6-2-14(20)3-7-16/h2-9,13H,10-12H2,1H3,(H,22,23)/t13-/m1/s1. The maximum atomic E-state index is 12.8. The highest BCUT2D eigenvalue weighted by Gasteiger charge is 2.17. The van der Waals surface area contributed by atoms with Gasteiger partial charge in [0.25, 0.3) is 5.91 Å². The number of amides is 1. The molecule has 27 heavy (non-hydrogen) atoms. The summed E-state index contributed by atoms with van der Waals surface area (Å²) in [5, 5.41) is 3.17. The first-order valence-corrected chi connectivity index (χ1v) is 8.56. The van der Waals surface area contributed by atoms with E-state index in [-0.39, 0.29) is 13.2 Å². The summed E-state index contributed by atoms with van der Waals surface area (Å²) in [5.41, 5.74) is 0. The van der Waals surface area contributed by atoms with E-state index >= 15 is 0 Å². The number of carbonyl (C=O) groups excluding carboxylic acids is 2. The molecule has 0 aliphatic rings. The fourth-order valence-corrected chi connectivity index (χ4v) is 2.09. The highest BCUT2D eigenvalue weighted by molar-refractivity contribution is 6.30. The van der Waals surface area contributed by atoms with Gasteiger partial charge in [-0.15, -0.1) is 0 Å². The van der Waals surface area contributed by atoms with E-state index in [0.29, 0.717) is 16.5 Å². The lowest BCUT2D eigenvalue weighted by atomic mass is 10.3. The summed E-state index contributed by atoms with van der Waals surface area (Å²) >= 11 is 5.77. The zero-order valence-electron chi connectivity index (χ0n) is 14.6. The molecule has 144 valence electrons. The van der Waals surface area contributed by atoms with Crippen LogP contribution < -0.4 is 14.8 Å². The lowest BCUT2D eigenvalue weighted by Gasteiger charge is -2.14. The van der Waals surface area contributed by atoms with Gasteiger partial charge >= 0.3 is 5.97 Å². The van der Waals surface area contributed by atoms with Crippen molar-refractivity contribution in [3.8, 4) is 11.5 Å². The molecule has 1 atom stereocenters. The molecule has 1 N–H and O–H groups in total. The van der Waals surface area contributed by atoms with Gasteiger partial charge in [0, 0.05) is 5.02 Å². The van der Waals surface area contributed by atoms with Crippen molar-refractivity contribution < 1.29 is 28.2 Å². The minimum absolute atomic E-state index is 0.251. The van der Waals surface area contributed by atoms with Crippen LogP contribution in [0.1, 0.15) is 6.92 Å². The van der Waals surface area contributed by atoms with Gasteiger partial charge in [0.1, 0.15) is 23.9 Å². The first kappa shape index (κ1) is 20.5. The Balaban J connectivity index is 1.61. The number of rotatable bonds is 9. The molecule has 0 radical (unpaired) electrons. The van der Waals surface area contributed by atoms with Crippen LogP contribution in [0, 0.1) is 5.82 Å². The number of hydrogen-bond acceptors (Lipinski definition) is 5. The van der Waals surface area contributed by atoms with Gasteiger partial charge in [0.05, 0.1) is 6.54 Å². The molecule has 0 fully saturated rings. The minimum atomic E-state index is -0.934. The molecule has 0 unspecified atom stereocenters. The summed E-state index contributed by atoms with van der Waals surface area (Å²) in [6.07, 6.45) is -0.934. The van der Waals surface area contributed by atoms with Crippen LogP contribution >= 0.6 is 11.6 Å². The summed E-state index contributed by atoms with van der Waals surface area (Å²) in [7, 11) is 0. The van der Waals surface area contributed by atoms with Gasteiger partial charge in [0.15, 0.2) is 12.7 Å². The molecule has 0 heterocycles. The van der Waals surface area contributed by atoms with Crippen LogP contribution in [0.2, 0.25) is 5.02 Å². The van der Waals surface area contributed by atoms with Crippen molar-refractivity contribution in [1.29, 1.82) is 0 Å². The van der Waals surface area contributed by atoms with Crippen LogP contribution in [0.25, 0.3) is 0 Å². The van der Waals surface area contributed by atoms with Gasteiger partial charge in [-0.3, -0.25) is 4.79 Å². The molecule has 0 bridgehead atoms. The van der Waals surface area contributed by atoms with Gasteiger partial charge in [0.2, 0.25) is 0 Å². The Morgan fingerprint density at radius 2 is 1.70 bits per heavy atom. The van der Waals surface area contributed by atoms with E-state index in [1.807, 2.05) is 0 Å². The third-order valence-electron chi connectivity index (χ3n) is 3.31. The van der Waals surface area contributed by atoms with Crippen LogP contribution in [0.3, 0.4) is 0 Å². The van der Waals surface area contributed by atoms with Gasteiger partial charge in [-0.05, 0) is 55.5 Å². The molecule has 2 aromatic carbocycles. The number of carbonyl (C=O) groups is 2. The number of nitrogens with one attached hydrogen (secondary N) is 1. The number of ether oxygens (including phenoxy) is 3. The molecule has 0 aliphatic carbocycles. The zero-order chi connectivity index (χ0) is 19.6.